The average molecular weight is 1200 g/mol. The fourth-order valence-electron chi connectivity index (χ4n) is 13.2. The summed E-state index contributed by atoms with van der Waals surface area (Å²) in [6, 6.07) is 28.2. The molecule has 6 nitrogen and oxygen atoms in total. The van der Waals surface area contributed by atoms with Crippen LogP contribution in [0.5, 0.6) is 11.5 Å². The highest BCUT2D eigenvalue weighted by Gasteiger charge is 2.36. The van der Waals surface area contributed by atoms with Gasteiger partial charge >= 0.3 is 0 Å². The molecule has 2 aliphatic rings. The van der Waals surface area contributed by atoms with E-state index < -0.39 is 0 Å². The molecule has 0 saturated carbocycles. The summed E-state index contributed by atoms with van der Waals surface area (Å²) in [5.41, 5.74) is 8.58. The fourth-order valence-corrected chi connectivity index (χ4v) is 14.8. The molecule has 0 spiro atoms. The number of thiophene rings is 1. The molecule has 3 heterocycles. The van der Waals surface area contributed by atoms with Crippen LogP contribution in [0.15, 0.2) is 89.8 Å². The number of rotatable bonds is 40. The zero-order chi connectivity index (χ0) is 60.8. The van der Waals surface area contributed by atoms with Crippen molar-refractivity contribution in [2.75, 3.05) is 36.1 Å². The molecule has 0 bridgehead atoms. The standard InChI is InChI=1S/C78H106N2O4S2/c1-9-16-20-22-24-26-28-30-32-34-51-79-71-62-48-50-65-70(78(82)80(52-35-33-31-29-27-25-23-21-17-10-2)72(65)63(62)47-49-64(71)69(77(79)81)60-41-39-56(8)40-42-60)61-45-43-59(44-46-61)68-53-67-73(83-54-57(14-6)37-18-11-3)75(85)66(36-13-5)74(76(67)86-68)84-55-58(15-7)38-19-12-4/h13,36,39-50,53,57-58,85H,9-12,14-35,37-38,51-52,54-55H2,1-8H3. The minimum Gasteiger partial charge on any atom is -0.491 e. The van der Waals surface area contributed by atoms with Gasteiger partial charge in [0, 0.05) is 50.1 Å². The Morgan fingerprint density at radius 2 is 0.895 bits per heavy atom. The maximum Gasteiger partial charge on any atom is 0.259 e. The quantitative estimate of drug-likeness (QED) is 0.0308. The second-order valence-corrected chi connectivity index (χ2v) is 26.7. The van der Waals surface area contributed by atoms with Gasteiger partial charge in [-0.2, -0.15) is 0 Å². The van der Waals surface area contributed by atoms with E-state index in [4.69, 9.17) is 22.1 Å². The topological polar surface area (TPSA) is 59.1 Å². The van der Waals surface area contributed by atoms with E-state index in [2.05, 4.69) is 156 Å². The van der Waals surface area contributed by atoms with Crippen molar-refractivity contribution in [3.05, 3.63) is 118 Å². The predicted octanol–water partition coefficient (Wildman–Crippen LogP) is 21.5. The first-order chi connectivity index (χ1) is 42.1. The third-order valence-electron chi connectivity index (χ3n) is 18.7. The number of carbonyl (C=O) groups is 2. The van der Waals surface area contributed by atoms with Gasteiger partial charge in [0.15, 0.2) is 0 Å². The lowest BCUT2D eigenvalue weighted by Crippen LogP contribution is -2.30. The predicted molar refractivity (Wildman–Crippen MR) is 375 cm³/mol. The molecule has 0 radical (unpaired) electrons. The number of fused-ring (bicyclic) bond motifs is 6. The van der Waals surface area contributed by atoms with E-state index in [9.17, 15) is 4.79 Å². The van der Waals surface area contributed by atoms with E-state index in [0.29, 0.717) is 38.1 Å². The fraction of sp³-hybridized carbons (Fsp3) is 0.538. The number of hydrogen-bond acceptors (Lipinski definition) is 6. The molecule has 2 amide bonds. The Bertz CT molecular complexity index is 3300. The molecule has 86 heavy (non-hydrogen) atoms. The van der Waals surface area contributed by atoms with Crippen LogP contribution in [0, 0.1) is 18.8 Å². The first kappa shape index (κ1) is 66.6. The highest BCUT2D eigenvalue weighted by molar-refractivity contribution is 7.80. The largest absolute Gasteiger partial charge is 0.491 e. The summed E-state index contributed by atoms with van der Waals surface area (Å²) in [4.78, 5) is 36.5. The molecule has 0 aliphatic carbocycles. The van der Waals surface area contributed by atoms with Crippen molar-refractivity contribution in [3.63, 3.8) is 0 Å². The lowest BCUT2D eigenvalue weighted by molar-refractivity contribution is -0.113. The van der Waals surface area contributed by atoms with Crippen molar-refractivity contribution < 1.29 is 19.1 Å². The number of unbranched alkanes of at least 4 members (excludes halogenated alkanes) is 20. The number of allylic oxidation sites excluding steroid dienone is 1. The van der Waals surface area contributed by atoms with Gasteiger partial charge in [0.25, 0.3) is 11.8 Å². The molecule has 0 fully saturated rings. The third-order valence-corrected chi connectivity index (χ3v) is 20.3. The van der Waals surface area contributed by atoms with Crippen molar-refractivity contribution in [1.82, 2.24) is 0 Å². The van der Waals surface area contributed by atoms with Crippen LogP contribution < -0.4 is 29.7 Å². The molecule has 0 N–H and O–H groups in total. The second-order valence-electron chi connectivity index (χ2n) is 25.2. The van der Waals surface area contributed by atoms with Crippen LogP contribution in [-0.2, 0) is 9.59 Å². The lowest BCUT2D eigenvalue weighted by Gasteiger charge is -2.23. The van der Waals surface area contributed by atoms with E-state index >= 15 is 4.79 Å². The van der Waals surface area contributed by atoms with Gasteiger partial charge in [0.1, 0.15) is 11.5 Å². The van der Waals surface area contributed by atoms with Gasteiger partial charge < -0.3 is 19.3 Å². The zero-order valence-corrected chi connectivity index (χ0v) is 56.0. The summed E-state index contributed by atoms with van der Waals surface area (Å²) in [6.45, 7) is 20.4. The van der Waals surface area contributed by atoms with Crippen molar-refractivity contribution in [1.29, 1.82) is 0 Å². The molecule has 5 aromatic carbocycles. The Hall–Kier alpha value is -5.31. The lowest BCUT2D eigenvalue weighted by atomic mass is 9.98. The number of hydrogen-bond donors (Lipinski definition) is 1. The third kappa shape index (κ3) is 16.5. The Labute approximate surface area is 528 Å². The summed E-state index contributed by atoms with van der Waals surface area (Å²) >= 11 is 7.02. The van der Waals surface area contributed by atoms with E-state index in [-0.39, 0.29) is 11.8 Å². The van der Waals surface area contributed by atoms with Gasteiger partial charge in [-0.15, -0.1) is 24.0 Å². The molecule has 464 valence electrons. The van der Waals surface area contributed by atoms with E-state index in [0.717, 1.165) is 149 Å². The molecule has 8 rings (SSSR count). The number of ether oxygens (including phenoxy) is 2. The summed E-state index contributed by atoms with van der Waals surface area (Å²) < 4.78 is 15.0. The zero-order valence-electron chi connectivity index (χ0n) is 54.3. The summed E-state index contributed by atoms with van der Waals surface area (Å²) in [6.07, 6.45) is 38.1. The van der Waals surface area contributed by atoms with E-state index in [1.54, 1.807) is 11.3 Å². The highest BCUT2D eigenvalue weighted by Crippen LogP contribution is 2.50. The number of aryl methyl sites for hydroxylation is 1. The number of carbonyl (C=O) groups excluding carboxylic acids is 2. The number of anilines is 2. The number of thiol groups is 1. The van der Waals surface area contributed by atoms with Crippen molar-refractivity contribution in [2.45, 2.75) is 240 Å². The van der Waals surface area contributed by atoms with Gasteiger partial charge in [-0.25, -0.2) is 0 Å². The van der Waals surface area contributed by atoms with E-state index in [1.807, 2.05) is 0 Å². The summed E-state index contributed by atoms with van der Waals surface area (Å²) in [5.74, 6) is 2.78. The van der Waals surface area contributed by atoms with Crippen molar-refractivity contribution >= 4 is 85.2 Å². The molecular formula is C78H106N2O4S2. The molecule has 2 unspecified atom stereocenters. The molecule has 2 atom stereocenters. The van der Waals surface area contributed by atoms with Gasteiger partial charge in [0.2, 0.25) is 0 Å². The van der Waals surface area contributed by atoms with Crippen molar-refractivity contribution in [2.24, 2.45) is 11.8 Å². The van der Waals surface area contributed by atoms with E-state index in [1.165, 1.54) is 134 Å². The smallest absolute Gasteiger partial charge is 0.259 e. The highest BCUT2D eigenvalue weighted by atomic mass is 32.1. The number of amides is 2. The second kappa shape index (κ2) is 34.4. The minimum atomic E-state index is 0.0544. The molecule has 8 heteroatoms. The van der Waals surface area contributed by atoms with Gasteiger partial charge in [-0.1, -0.05) is 286 Å². The van der Waals surface area contributed by atoms with Crippen LogP contribution >= 0.6 is 24.0 Å². The van der Waals surface area contributed by atoms with Crippen LogP contribution in [0.25, 0.3) is 48.5 Å². The van der Waals surface area contributed by atoms with Crippen LogP contribution in [0.2, 0.25) is 0 Å². The Kier molecular flexibility index (Phi) is 26.7. The van der Waals surface area contributed by atoms with Crippen LogP contribution in [0.1, 0.15) is 251 Å². The molecule has 2 aliphatic heterocycles. The molecular weight excluding hydrogens is 1090 g/mol. The monoisotopic (exact) mass is 1200 g/mol. The molecule has 0 saturated heterocycles. The summed E-state index contributed by atoms with van der Waals surface area (Å²) in [7, 11) is 0. The molecule has 6 aromatic rings. The first-order valence-corrected chi connectivity index (χ1v) is 35.7. The summed E-state index contributed by atoms with van der Waals surface area (Å²) in [5, 5.41) is 5.06. The van der Waals surface area contributed by atoms with Crippen LogP contribution in [0.4, 0.5) is 11.4 Å². The van der Waals surface area contributed by atoms with Gasteiger partial charge in [-0.05, 0) is 74.1 Å². The maximum atomic E-state index is 15.5. The average Bonchev–Trinajstić information content (AvgIpc) is 2.22. The Morgan fingerprint density at radius 3 is 1.33 bits per heavy atom. The molecule has 1 aromatic heterocycles. The maximum absolute atomic E-state index is 15.5. The first-order valence-electron chi connectivity index (χ1n) is 34.5. The van der Waals surface area contributed by atoms with Crippen molar-refractivity contribution in [3.8, 4) is 21.9 Å². The van der Waals surface area contributed by atoms with Gasteiger partial charge in [0.05, 0.1) is 45.3 Å². The normalized spacial score (nSPS) is 14.0. The SMILES string of the molecule is CC=Cc1c(S)c(OCC(CC)CCCC)c2cc(-c3ccc(C4=c5ccc6c7c(ccc6c5N(CCCCCCCCCCCC)C4=O)=C(c4ccc(C)cc4)C(=O)N7CCCCCCCCCCCC)cc3)sc2c1OCC(CC)CCCC. The number of benzene rings is 5. The van der Waals surface area contributed by atoms with Crippen LogP contribution in [-0.4, -0.2) is 38.1 Å². The van der Waals surface area contributed by atoms with Gasteiger partial charge in [-0.3, -0.25) is 9.59 Å². The van der Waals surface area contributed by atoms with Crippen LogP contribution in [0.3, 0.4) is 0 Å². The minimum absolute atomic E-state index is 0.0544. The Balaban J connectivity index is 1.17. The number of nitrogens with zero attached hydrogens (tertiary/aromatic N) is 2. The Morgan fingerprint density at radius 1 is 0.488 bits per heavy atom.